The number of aromatic amines is 1. The van der Waals surface area contributed by atoms with Gasteiger partial charge in [0.1, 0.15) is 18.3 Å². The number of hydrogen-bond donors (Lipinski definition) is 5. The fourth-order valence-corrected chi connectivity index (χ4v) is 4.93. The SMILES string of the molecule is Nc1nc2c(nc(SCCCC(=O)O)n2C2OC3COP(O)OC3C2O)c(=O)[nH]1. The summed E-state index contributed by atoms with van der Waals surface area (Å²) in [6.07, 6.45) is -3.32. The van der Waals surface area contributed by atoms with Crippen LogP contribution >= 0.6 is 20.4 Å². The van der Waals surface area contributed by atoms with Crippen molar-refractivity contribution in [2.75, 3.05) is 18.1 Å². The average Bonchev–Trinajstić information content (AvgIpc) is 3.16. The van der Waals surface area contributed by atoms with E-state index in [4.69, 9.17) is 24.6 Å². The summed E-state index contributed by atoms with van der Waals surface area (Å²) in [6.45, 7) is 0.0320. The highest BCUT2D eigenvalue weighted by atomic mass is 32.2. The van der Waals surface area contributed by atoms with E-state index in [1.807, 2.05) is 0 Å². The van der Waals surface area contributed by atoms with Gasteiger partial charge >= 0.3 is 14.6 Å². The number of ether oxygens (including phenoxy) is 1. The van der Waals surface area contributed by atoms with Crippen LogP contribution in [0.1, 0.15) is 19.1 Å². The molecule has 0 radical (unpaired) electrons. The third kappa shape index (κ3) is 3.97. The number of aliphatic hydroxyl groups excluding tert-OH is 1. The maximum atomic E-state index is 12.3. The fraction of sp³-hybridized carbons (Fsp3) is 0.571. The van der Waals surface area contributed by atoms with E-state index in [9.17, 15) is 19.6 Å². The van der Waals surface area contributed by atoms with Crippen LogP contribution in [0.3, 0.4) is 0 Å². The topological polar surface area (TPSA) is 195 Å². The Labute approximate surface area is 168 Å². The molecule has 4 heterocycles. The van der Waals surface area contributed by atoms with Crippen molar-refractivity contribution in [2.45, 2.75) is 42.5 Å². The zero-order chi connectivity index (χ0) is 20.7. The lowest BCUT2D eigenvalue weighted by Crippen LogP contribution is -2.38. The molecule has 2 aliphatic rings. The number of hydrogen-bond acceptors (Lipinski definition) is 11. The molecular weight excluding hydrogens is 429 g/mol. The molecule has 5 unspecified atom stereocenters. The second-order valence-corrected chi connectivity index (χ2v) is 8.40. The molecule has 2 aliphatic heterocycles. The first kappa shape index (κ1) is 20.5. The summed E-state index contributed by atoms with van der Waals surface area (Å²) in [5, 5.41) is 19.9. The number of fused-ring (bicyclic) bond motifs is 2. The average molecular weight is 447 g/mol. The van der Waals surface area contributed by atoms with Gasteiger partial charge in [0, 0.05) is 12.2 Å². The van der Waals surface area contributed by atoms with Crippen LogP contribution in [0.4, 0.5) is 5.95 Å². The molecule has 0 amide bonds. The Bertz CT molecular complexity index is 985. The lowest BCUT2D eigenvalue weighted by Gasteiger charge is -2.27. The van der Waals surface area contributed by atoms with Crippen LogP contribution in [0, 0.1) is 0 Å². The Morgan fingerprint density at radius 3 is 3.00 bits per heavy atom. The number of nitrogens with zero attached hydrogens (tertiary/aromatic N) is 3. The van der Waals surface area contributed by atoms with Crippen LogP contribution in [-0.2, 0) is 18.6 Å². The van der Waals surface area contributed by atoms with E-state index < -0.39 is 44.7 Å². The van der Waals surface area contributed by atoms with Crippen LogP contribution in [0.15, 0.2) is 9.95 Å². The number of H-pyrrole nitrogens is 1. The number of imidazole rings is 1. The minimum atomic E-state index is -2.11. The zero-order valence-electron chi connectivity index (χ0n) is 14.8. The standard InChI is InChI=1S/C14H18N5O8PS/c15-13-17-10-7(11(23)18-13)16-14(29-3-1-2-6(20)21)19(10)12-8(22)9-5(26-12)4-25-28(24)27-9/h5,8-9,12,22,24H,1-4H2,(H,20,21)(H3,15,17,18,23). The molecule has 4 rings (SSSR count). The van der Waals surface area contributed by atoms with Gasteiger partial charge in [-0.05, 0) is 6.42 Å². The molecule has 0 saturated carbocycles. The maximum Gasteiger partial charge on any atom is 0.330 e. The molecule has 29 heavy (non-hydrogen) atoms. The fourth-order valence-electron chi connectivity index (χ4n) is 3.17. The number of thioether (sulfide) groups is 1. The van der Waals surface area contributed by atoms with E-state index in [2.05, 4.69) is 15.0 Å². The molecule has 15 heteroatoms. The van der Waals surface area contributed by atoms with Gasteiger partial charge in [-0.2, -0.15) is 4.98 Å². The molecule has 0 aromatic carbocycles. The van der Waals surface area contributed by atoms with E-state index in [1.54, 1.807) is 0 Å². The number of nitrogens with two attached hydrogens (primary N) is 1. The Morgan fingerprint density at radius 1 is 1.45 bits per heavy atom. The van der Waals surface area contributed by atoms with Crippen LogP contribution in [-0.4, -0.2) is 71.3 Å². The van der Waals surface area contributed by atoms with Crippen LogP contribution in [0.5, 0.6) is 0 Å². The van der Waals surface area contributed by atoms with Crippen molar-refractivity contribution in [2.24, 2.45) is 0 Å². The summed E-state index contributed by atoms with van der Waals surface area (Å²) < 4.78 is 17.6. The number of aromatic nitrogens is 4. The summed E-state index contributed by atoms with van der Waals surface area (Å²) in [5.74, 6) is -0.643. The van der Waals surface area contributed by atoms with Gasteiger partial charge in [-0.25, -0.2) is 4.98 Å². The number of carboxylic acids is 1. The predicted molar refractivity (Wildman–Crippen MR) is 100 cm³/mol. The number of nitrogens with one attached hydrogen (secondary N) is 1. The minimum absolute atomic E-state index is 0.00665. The molecule has 6 N–H and O–H groups in total. The van der Waals surface area contributed by atoms with E-state index in [1.165, 1.54) is 16.3 Å². The van der Waals surface area contributed by atoms with Gasteiger partial charge in [-0.3, -0.25) is 19.1 Å². The number of carboxylic acid groups (broad SMARTS) is 1. The van der Waals surface area contributed by atoms with Crippen molar-refractivity contribution in [1.82, 2.24) is 19.5 Å². The summed E-state index contributed by atoms with van der Waals surface area (Å²) in [7, 11) is -2.11. The van der Waals surface area contributed by atoms with Gasteiger partial charge in [0.05, 0.1) is 6.61 Å². The van der Waals surface area contributed by atoms with Gasteiger partial charge in [0.2, 0.25) is 5.95 Å². The second kappa shape index (κ2) is 8.14. The molecule has 0 bridgehead atoms. The minimum Gasteiger partial charge on any atom is -0.481 e. The van der Waals surface area contributed by atoms with Crippen molar-refractivity contribution < 1.29 is 33.7 Å². The Kier molecular flexibility index (Phi) is 5.75. The molecule has 13 nitrogen and oxygen atoms in total. The zero-order valence-corrected chi connectivity index (χ0v) is 16.5. The second-order valence-electron chi connectivity index (χ2n) is 6.39. The Morgan fingerprint density at radius 2 is 2.24 bits per heavy atom. The number of anilines is 1. The summed E-state index contributed by atoms with van der Waals surface area (Å²) in [6, 6.07) is 0. The van der Waals surface area contributed by atoms with E-state index in [0.717, 1.165) is 0 Å². The summed E-state index contributed by atoms with van der Waals surface area (Å²) in [5.41, 5.74) is 5.23. The Balaban J connectivity index is 1.70. The number of carbonyl (C=O) groups is 1. The van der Waals surface area contributed by atoms with Gasteiger partial charge in [-0.15, -0.1) is 0 Å². The first-order valence-electron chi connectivity index (χ1n) is 8.59. The number of rotatable bonds is 6. The van der Waals surface area contributed by atoms with Crippen molar-refractivity contribution in [3.05, 3.63) is 10.4 Å². The quantitative estimate of drug-likeness (QED) is 0.218. The number of nitrogen functional groups attached to an aromatic ring is 1. The Hall–Kier alpha value is -1.80. The molecular formula is C14H18N5O8PS. The third-order valence-corrected chi connectivity index (χ3v) is 6.26. The van der Waals surface area contributed by atoms with Crippen molar-refractivity contribution in [3.8, 4) is 0 Å². The lowest BCUT2D eigenvalue weighted by molar-refractivity contribution is -0.137. The van der Waals surface area contributed by atoms with Crippen LogP contribution < -0.4 is 11.3 Å². The van der Waals surface area contributed by atoms with Gasteiger partial charge in [0.15, 0.2) is 22.5 Å². The first-order chi connectivity index (χ1) is 13.8. The van der Waals surface area contributed by atoms with Crippen molar-refractivity contribution in [3.63, 3.8) is 0 Å². The molecule has 0 spiro atoms. The highest BCUT2D eigenvalue weighted by molar-refractivity contribution is 7.99. The molecule has 0 aliphatic carbocycles. The van der Waals surface area contributed by atoms with Crippen molar-refractivity contribution in [1.29, 1.82) is 0 Å². The smallest absolute Gasteiger partial charge is 0.330 e. The van der Waals surface area contributed by atoms with Gasteiger partial charge in [-0.1, -0.05) is 11.8 Å². The molecule has 2 fully saturated rings. The largest absolute Gasteiger partial charge is 0.481 e. The highest BCUT2D eigenvalue weighted by Crippen LogP contribution is 2.47. The predicted octanol–water partition coefficient (Wildman–Crippen LogP) is -0.448. The maximum absolute atomic E-state index is 12.3. The lowest BCUT2D eigenvalue weighted by atomic mass is 10.1. The van der Waals surface area contributed by atoms with Gasteiger partial charge < -0.3 is 34.6 Å². The molecule has 2 saturated heterocycles. The molecule has 158 valence electrons. The number of aliphatic hydroxyl groups is 1. The van der Waals surface area contributed by atoms with Crippen LogP contribution in [0.2, 0.25) is 0 Å². The third-order valence-electron chi connectivity index (χ3n) is 4.43. The van der Waals surface area contributed by atoms with E-state index >= 15 is 0 Å². The summed E-state index contributed by atoms with van der Waals surface area (Å²) >= 11 is 1.20. The highest BCUT2D eigenvalue weighted by Gasteiger charge is 2.50. The van der Waals surface area contributed by atoms with E-state index in [-0.39, 0.29) is 30.1 Å². The normalized spacial score (nSPS) is 29.2. The van der Waals surface area contributed by atoms with Crippen molar-refractivity contribution >= 4 is 43.4 Å². The van der Waals surface area contributed by atoms with E-state index in [0.29, 0.717) is 17.3 Å². The van der Waals surface area contributed by atoms with Crippen LogP contribution in [0.25, 0.3) is 11.2 Å². The van der Waals surface area contributed by atoms with Gasteiger partial charge in [0.25, 0.3) is 5.56 Å². The number of aliphatic carboxylic acids is 1. The summed E-state index contributed by atoms with van der Waals surface area (Å²) in [4.78, 5) is 43.4. The first-order valence-corrected chi connectivity index (χ1v) is 10.7. The molecule has 2 aromatic rings. The monoisotopic (exact) mass is 447 g/mol. The molecule has 2 aromatic heterocycles. The molecule has 5 atom stereocenters.